The summed E-state index contributed by atoms with van der Waals surface area (Å²) in [7, 11) is 1.60. The average Bonchev–Trinajstić information content (AvgIpc) is 2.16. The first-order valence-electron chi connectivity index (χ1n) is 3.78. The van der Waals surface area contributed by atoms with Crippen molar-refractivity contribution in [2.45, 2.75) is 13.2 Å². The van der Waals surface area contributed by atoms with Gasteiger partial charge in [0, 0.05) is 12.1 Å². The molecular formula is C9H14ClNO2. The molecule has 0 amide bonds. The van der Waals surface area contributed by atoms with Crippen LogP contribution in [0.5, 0.6) is 5.75 Å². The Morgan fingerprint density at radius 1 is 1.46 bits per heavy atom. The van der Waals surface area contributed by atoms with E-state index in [9.17, 15) is 0 Å². The van der Waals surface area contributed by atoms with Gasteiger partial charge in [0.15, 0.2) is 0 Å². The van der Waals surface area contributed by atoms with Crippen LogP contribution in [0.4, 0.5) is 0 Å². The highest BCUT2D eigenvalue weighted by Crippen LogP contribution is 2.18. The van der Waals surface area contributed by atoms with E-state index in [0.29, 0.717) is 6.54 Å². The highest BCUT2D eigenvalue weighted by Gasteiger charge is 2.01. The van der Waals surface area contributed by atoms with E-state index in [1.54, 1.807) is 7.11 Å². The quantitative estimate of drug-likeness (QED) is 0.773. The van der Waals surface area contributed by atoms with Gasteiger partial charge >= 0.3 is 0 Å². The van der Waals surface area contributed by atoms with Crippen LogP contribution >= 0.6 is 12.4 Å². The van der Waals surface area contributed by atoms with Crippen molar-refractivity contribution in [3.05, 3.63) is 29.3 Å². The third-order valence-electron chi connectivity index (χ3n) is 1.75. The molecule has 74 valence electrons. The van der Waals surface area contributed by atoms with Gasteiger partial charge in [-0.3, -0.25) is 0 Å². The van der Waals surface area contributed by atoms with Crippen molar-refractivity contribution in [2.75, 3.05) is 7.11 Å². The number of hydrogen-bond acceptors (Lipinski definition) is 3. The number of halogens is 1. The summed E-state index contributed by atoms with van der Waals surface area (Å²) in [5, 5.41) is 8.84. The van der Waals surface area contributed by atoms with Crippen molar-refractivity contribution in [3.8, 4) is 5.75 Å². The minimum Gasteiger partial charge on any atom is -0.496 e. The Kier molecular flexibility index (Phi) is 5.46. The van der Waals surface area contributed by atoms with Crippen molar-refractivity contribution in [1.29, 1.82) is 0 Å². The average molecular weight is 204 g/mol. The molecule has 1 aromatic carbocycles. The maximum Gasteiger partial charge on any atom is 0.123 e. The monoisotopic (exact) mass is 203 g/mol. The lowest BCUT2D eigenvalue weighted by Crippen LogP contribution is -2.00. The van der Waals surface area contributed by atoms with Gasteiger partial charge in [0.2, 0.25) is 0 Å². The van der Waals surface area contributed by atoms with E-state index in [2.05, 4.69) is 0 Å². The van der Waals surface area contributed by atoms with E-state index in [1.807, 2.05) is 18.2 Å². The molecule has 1 aromatic rings. The van der Waals surface area contributed by atoms with Gasteiger partial charge in [-0.05, 0) is 17.7 Å². The molecule has 0 unspecified atom stereocenters. The minimum atomic E-state index is 0. The van der Waals surface area contributed by atoms with Crippen molar-refractivity contribution < 1.29 is 9.84 Å². The fourth-order valence-corrected chi connectivity index (χ4v) is 1.09. The van der Waals surface area contributed by atoms with Gasteiger partial charge in [-0.2, -0.15) is 0 Å². The molecule has 4 heteroatoms. The summed E-state index contributed by atoms with van der Waals surface area (Å²) in [4.78, 5) is 0. The molecule has 0 aliphatic rings. The molecule has 1 rings (SSSR count). The molecule has 0 saturated heterocycles. The lowest BCUT2D eigenvalue weighted by molar-refractivity contribution is 0.281. The van der Waals surface area contributed by atoms with Crippen LogP contribution in [0.15, 0.2) is 18.2 Å². The van der Waals surface area contributed by atoms with E-state index < -0.39 is 0 Å². The predicted octanol–water partition coefficient (Wildman–Crippen LogP) is 1.07. The van der Waals surface area contributed by atoms with E-state index in [1.165, 1.54) is 0 Å². The zero-order chi connectivity index (χ0) is 8.97. The molecule has 0 spiro atoms. The Morgan fingerprint density at radius 3 is 2.62 bits per heavy atom. The van der Waals surface area contributed by atoms with Gasteiger partial charge < -0.3 is 15.6 Å². The molecule has 0 saturated carbocycles. The number of hydrogen-bond donors (Lipinski definition) is 2. The Balaban J connectivity index is 0.00000144. The summed E-state index contributed by atoms with van der Waals surface area (Å²) in [6, 6.07) is 5.48. The number of nitrogens with two attached hydrogens (primary N) is 1. The number of ether oxygens (including phenoxy) is 1. The molecule has 0 aliphatic carbocycles. The highest BCUT2D eigenvalue weighted by molar-refractivity contribution is 5.85. The normalized spacial score (nSPS) is 9.15. The maximum absolute atomic E-state index is 8.84. The third-order valence-corrected chi connectivity index (χ3v) is 1.75. The molecular weight excluding hydrogens is 190 g/mol. The first kappa shape index (κ1) is 12.2. The lowest BCUT2D eigenvalue weighted by atomic mass is 10.1. The van der Waals surface area contributed by atoms with Crippen LogP contribution in [0, 0.1) is 0 Å². The zero-order valence-electron chi connectivity index (χ0n) is 7.49. The zero-order valence-corrected chi connectivity index (χ0v) is 8.30. The smallest absolute Gasteiger partial charge is 0.123 e. The predicted molar refractivity (Wildman–Crippen MR) is 54.1 cm³/mol. The van der Waals surface area contributed by atoms with Gasteiger partial charge in [-0.25, -0.2) is 0 Å². The molecule has 0 aliphatic heterocycles. The molecule has 0 heterocycles. The Morgan fingerprint density at radius 2 is 2.15 bits per heavy atom. The second kappa shape index (κ2) is 5.80. The number of benzene rings is 1. The van der Waals surface area contributed by atoms with E-state index in [4.69, 9.17) is 15.6 Å². The molecule has 13 heavy (non-hydrogen) atoms. The standard InChI is InChI=1S/C9H13NO2.ClH/c1-12-9-3-2-7(6-11)4-8(9)5-10;/h2-4,11H,5-6,10H2,1H3;1H. The summed E-state index contributed by atoms with van der Waals surface area (Å²) in [6.45, 7) is 0.466. The molecule has 0 fully saturated rings. The number of methoxy groups -OCH3 is 1. The fourth-order valence-electron chi connectivity index (χ4n) is 1.09. The Hall–Kier alpha value is -0.770. The second-order valence-electron chi connectivity index (χ2n) is 2.51. The molecule has 3 N–H and O–H groups in total. The van der Waals surface area contributed by atoms with Gasteiger partial charge in [-0.1, -0.05) is 6.07 Å². The molecule has 0 aromatic heterocycles. The van der Waals surface area contributed by atoms with Gasteiger partial charge in [0.05, 0.1) is 13.7 Å². The van der Waals surface area contributed by atoms with Crippen LogP contribution in [0.1, 0.15) is 11.1 Å². The van der Waals surface area contributed by atoms with E-state index in [0.717, 1.165) is 16.9 Å². The van der Waals surface area contributed by atoms with Crippen molar-refractivity contribution in [2.24, 2.45) is 5.73 Å². The summed E-state index contributed by atoms with van der Waals surface area (Å²) in [5.74, 6) is 0.773. The fraction of sp³-hybridized carbons (Fsp3) is 0.333. The van der Waals surface area contributed by atoms with Crippen LogP contribution in [0.25, 0.3) is 0 Å². The van der Waals surface area contributed by atoms with Crippen LogP contribution < -0.4 is 10.5 Å². The number of aliphatic hydroxyl groups is 1. The minimum absolute atomic E-state index is 0. The Bertz CT molecular complexity index is 266. The highest BCUT2D eigenvalue weighted by atomic mass is 35.5. The largest absolute Gasteiger partial charge is 0.496 e. The van der Waals surface area contributed by atoms with Gasteiger partial charge in [0.25, 0.3) is 0 Å². The van der Waals surface area contributed by atoms with Crippen LogP contribution in [0.2, 0.25) is 0 Å². The molecule has 3 nitrogen and oxygen atoms in total. The maximum atomic E-state index is 8.84. The second-order valence-corrected chi connectivity index (χ2v) is 2.51. The van der Waals surface area contributed by atoms with Crippen LogP contribution in [-0.2, 0) is 13.2 Å². The molecule has 0 radical (unpaired) electrons. The third kappa shape index (κ3) is 2.88. The SMILES string of the molecule is COc1ccc(CO)cc1CN.Cl. The van der Waals surface area contributed by atoms with Gasteiger partial charge in [0.1, 0.15) is 5.75 Å². The summed E-state index contributed by atoms with van der Waals surface area (Å²) in [5.41, 5.74) is 7.27. The van der Waals surface area contributed by atoms with E-state index in [-0.39, 0.29) is 19.0 Å². The van der Waals surface area contributed by atoms with Crippen molar-refractivity contribution in [1.82, 2.24) is 0 Å². The topological polar surface area (TPSA) is 55.5 Å². The van der Waals surface area contributed by atoms with Crippen LogP contribution in [-0.4, -0.2) is 12.2 Å². The molecule has 0 bridgehead atoms. The number of rotatable bonds is 3. The first-order chi connectivity index (χ1) is 5.81. The summed E-state index contributed by atoms with van der Waals surface area (Å²) >= 11 is 0. The summed E-state index contributed by atoms with van der Waals surface area (Å²) in [6.07, 6.45) is 0. The summed E-state index contributed by atoms with van der Waals surface area (Å²) < 4.78 is 5.07. The van der Waals surface area contributed by atoms with Gasteiger partial charge in [-0.15, -0.1) is 12.4 Å². The number of aliphatic hydroxyl groups excluding tert-OH is 1. The van der Waals surface area contributed by atoms with Crippen molar-refractivity contribution in [3.63, 3.8) is 0 Å². The van der Waals surface area contributed by atoms with Crippen molar-refractivity contribution >= 4 is 12.4 Å². The Labute approximate surface area is 83.9 Å². The van der Waals surface area contributed by atoms with Crippen LogP contribution in [0.3, 0.4) is 0 Å². The lowest BCUT2D eigenvalue weighted by Gasteiger charge is -2.07. The first-order valence-corrected chi connectivity index (χ1v) is 3.78. The van der Waals surface area contributed by atoms with E-state index >= 15 is 0 Å². The molecule has 0 atom stereocenters.